The van der Waals surface area contributed by atoms with Gasteiger partial charge in [0.25, 0.3) is 0 Å². The standard InChI is InChI=1S/C23H25FN4O3S/c1-3-17-4-6-18(7-5-17)21-9-11-23(26-25-21)27-12-14-28(15-13-27)32(29,30)19-8-10-22(31-2)20(24)16-19/h4-11,16H,3,12-15H2,1-2H3. The third-order valence-electron chi connectivity index (χ3n) is 5.63. The number of methoxy groups -OCH3 is 1. The lowest BCUT2D eigenvalue weighted by molar-refractivity contribution is 0.379. The van der Waals surface area contributed by atoms with E-state index in [4.69, 9.17) is 4.74 Å². The second-order valence-corrected chi connectivity index (χ2v) is 9.45. The van der Waals surface area contributed by atoms with Gasteiger partial charge in [-0.3, -0.25) is 0 Å². The molecule has 1 fully saturated rings. The lowest BCUT2D eigenvalue weighted by Gasteiger charge is -2.34. The van der Waals surface area contributed by atoms with E-state index in [2.05, 4.69) is 29.3 Å². The first-order valence-electron chi connectivity index (χ1n) is 10.4. The summed E-state index contributed by atoms with van der Waals surface area (Å²) in [5.74, 6) is 0.00970. The number of aryl methyl sites for hydroxylation is 1. The molecule has 0 aliphatic carbocycles. The highest BCUT2D eigenvalue weighted by Crippen LogP contribution is 2.25. The zero-order valence-corrected chi connectivity index (χ0v) is 18.8. The normalized spacial score (nSPS) is 15.0. The summed E-state index contributed by atoms with van der Waals surface area (Å²) in [6.45, 7) is 3.61. The number of rotatable bonds is 6. The molecule has 2 aromatic carbocycles. The van der Waals surface area contributed by atoms with Crippen molar-refractivity contribution in [1.29, 1.82) is 0 Å². The van der Waals surface area contributed by atoms with Gasteiger partial charge < -0.3 is 9.64 Å². The fourth-order valence-electron chi connectivity index (χ4n) is 3.67. The summed E-state index contributed by atoms with van der Waals surface area (Å²) in [5.41, 5.74) is 3.06. The average molecular weight is 457 g/mol. The molecule has 1 aliphatic rings. The molecular formula is C23H25FN4O3S. The minimum absolute atomic E-state index is 0.0112. The van der Waals surface area contributed by atoms with Crippen LogP contribution in [-0.4, -0.2) is 56.2 Å². The molecule has 0 amide bonds. The van der Waals surface area contributed by atoms with E-state index in [1.54, 1.807) is 0 Å². The Morgan fingerprint density at radius 2 is 1.69 bits per heavy atom. The molecule has 7 nitrogen and oxygen atoms in total. The molecular weight excluding hydrogens is 431 g/mol. The molecule has 4 rings (SSSR count). The Hall–Kier alpha value is -3.04. The fraction of sp³-hybridized carbons (Fsp3) is 0.304. The van der Waals surface area contributed by atoms with Crippen molar-refractivity contribution in [3.05, 3.63) is 66.0 Å². The minimum atomic E-state index is -3.79. The highest BCUT2D eigenvalue weighted by molar-refractivity contribution is 7.89. The molecule has 168 valence electrons. The molecule has 0 radical (unpaired) electrons. The van der Waals surface area contributed by atoms with Crippen molar-refractivity contribution in [1.82, 2.24) is 14.5 Å². The third-order valence-corrected chi connectivity index (χ3v) is 7.53. The Labute approximate surface area is 187 Å². The van der Waals surface area contributed by atoms with Crippen LogP contribution in [0.5, 0.6) is 5.75 Å². The van der Waals surface area contributed by atoms with E-state index < -0.39 is 15.8 Å². The van der Waals surface area contributed by atoms with Crippen LogP contribution in [0.25, 0.3) is 11.3 Å². The van der Waals surface area contributed by atoms with Gasteiger partial charge in [0.05, 0.1) is 17.7 Å². The van der Waals surface area contributed by atoms with E-state index in [1.165, 1.54) is 29.1 Å². The van der Waals surface area contributed by atoms with Crippen LogP contribution in [0, 0.1) is 5.82 Å². The Morgan fingerprint density at radius 3 is 2.25 bits per heavy atom. The van der Waals surface area contributed by atoms with Crippen LogP contribution in [0.15, 0.2) is 59.5 Å². The van der Waals surface area contributed by atoms with Crippen molar-refractivity contribution >= 4 is 15.8 Å². The van der Waals surface area contributed by atoms with Crippen LogP contribution in [-0.2, 0) is 16.4 Å². The highest BCUT2D eigenvalue weighted by Gasteiger charge is 2.29. The van der Waals surface area contributed by atoms with Gasteiger partial charge in [-0.1, -0.05) is 31.2 Å². The largest absolute Gasteiger partial charge is 0.494 e. The summed E-state index contributed by atoms with van der Waals surface area (Å²) in [6, 6.07) is 15.7. The van der Waals surface area contributed by atoms with Gasteiger partial charge in [0.2, 0.25) is 10.0 Å². The van der Waals surface area contributed by atoms with Gasteiger partial charge in [-0.25, -0.2) is 12.8 Å². The number of nitrogens with zero attached hydrogens (tertiary/aromatic N) is 4. The molecule has 2 heterocycles. The number of sulfonamides is 1. The van der Waals surface area contributed by atoms with Crippen molar-refractivity contribution in [2.24, 2.45) is 0 Å². The zero-order valence-electron chi connectivity index (χ0n) is 18.0. The second kappa shape index (κ2) is 9.22. The van der Waals surface area contributed by atoms with E-state index in [1.807, 2.05) is 29.2 Å². The monoisotopic (exact) mass is 456 g/mol. The van der Waals surface area contributed by atoms with Gasteiger partial charge in [-0.15, -0.1) is 10.2 Å². The third kappa shape index (κ3) is 4.44. The predicted molar refractivity (Wildman–Crippen MR) is 121 cm³/mol. The van der Waals surface area contributed by atoms with E-state index >= 15 is 0 Å². The quantitative estimate of drug-likeness (QED) is 0.566. The molecule has 1 aromatic heterocycles. The van der Waals surface area contributed by atoms with Crippen molar-refractivity contribution in [2.45, 2.75) is 18.2 Å². The molecule has 0 bridgehead atoms. The van der Waals surface area contributed by atoms with Gasteiger partial charge >= 0.3 is 0 Å². The van der Waals surface area contributed by atoms with Crippen LogP contribution in [0.2, 0.25) is 0 Å². The molecule has 0 N–H and O–H groups in total. The maximum Gasteiger partial charge on any atom is 0.243 e. The van der Waals surface area contributed by atoms with E-state index in [-0.39, 0.29) is 23.7 Å². The molecule has 0 saturated carbocycles. The SMILES string of the molecule is CCc1ccc(-c2ccc(N3CCN(S(=O)(=O)c4ccc(OC)c(F)c4)CC3)nn2)cc1. The number of hydrogen-bond donors (Lipinski definition) is 0. The van der Waals surface area contributed by atoms with Crippen molar-refractivity contribution in [3.8, 4) is 17.0 Å². The fourth-order valence-corrected chi connectivity index (χ4v) is 5.11. The van der Waals surface area contributed by atoms with Crippen LogP contribution < -0.4 is 9.64 Å². The Morgan fingerprint density at radius 1 is 0.969 bits per heavy atom. The van der Waals surface area contributed by atoms with Gasteiger partial charge in [0, 0.05) is 31.7 Å². The van der Waals surface area contributed by atoms with E-state index in [0.29, 0.717) is 18.9 Å². The first-order chi connectivity index (χ1) is 15.4. The number of ether oxygens (including phenoxy) is 1. The molecule has 9 heteroatoms. The zero-order chi connectivity index (χ0) is 22.7. The molecule has 1 aliphatic heterocycles. The topological polar surface area (TPSA) is 75.6 Å². The first kappa shape index (κ1) is 22.2. The Balaban J connectivity index is 1.42. The average Bonchev–Trinajstić information content (AvgIpc) is 2.84. The minimum Gasteiger partial charge on any atom is -0.494 e. The summed E-state index contributed by atoms with van der Waals surface area (Å²) in [4.78, 5) is 1.92. The highest BCUT2D eigenvalue weighted by atomic mass is 32.2. The van der Waals surface area contributed by atoms with Crippen molar-refractivity contribution in [3.63, 3.8) is 0 Å². The lowest BCUT2D eigenvalue weighted by Crippen LogP contribution is -2.49. The second-order valence-electron chi connectivity index (χ2n) is 7.51. The molecule has 0 spiro atoms. The maximum atomic E-state index is 14.0. The summed E-state index contributed by atoms with van der Waals surface area (Å²) in [7, 11) is -2.45. The molecule has 1 saturated heterocycles. The molecule has 32 heavy (non-hydrogen) atoms. The Kier molecular flexibility index (Phi) is 6.38. The summed E-state index contributed by atoms with van der Waals surface area (Å²) in [6.07, 6.45) is 0.986. The number of piperazine rings is 1. The lowest BCUT2D eigenvalue weighted by atomic mass is 10.1. The van der Waals surface area contributed by atoms with Gasteiger partial charge in [-0.2, -0.15) is 4.31 Å². The van der Waals surface area contributed by atoms with Crippen molar-refractivity contribution < 1.29 is 17.5 Å². The smallest absolute Gasteiger partial charge is 0.243 e. The number of benzene rings is 2. The summed E-state index contributed by atoms with van der Waals surface area (Å²) < 4.78 is 46.0. The van der Waals surface area contributed by atoms with Crippen LogP contribution >= 0.6 is 0 Å². The van der Waals surface area contributed by atoms with E-state index in [0.717, 1.165) is 23.7 Å². The van der Waals surface area contributed by atoms with Crippen molar-refractivity contribution in [2.75, 3.05) is 38.2 Å². The number of hydrogen-bond acceptors (Lipinski definition) is 6. The maximum absolute atomic E-state index is 14.0. The van der Waals surface area contributed by atoms with Gasteiger partial charge in [0.1, 0.15) is 0 Å². The predicted octanol–water partition coefficient (Wildman–Crippen LogP) is 3.36. The molecule has 0 unspecified atom stereocenters. The Bertz CT molecular complexity index is 1180. The number of halogens is 1. The number of anilines is 1. The van der Waals surface area contributed by atoms with Crippen LogP contribution in [0.4, 0.5) is 10.2 Å². The van der Waals surface area contributed by atoms with Crippen LogP contribution in [0.3, 0.4) is 0 Å². The molecule has 3 aromatic rings. The summed E-state index contributed by atoms with van der Waals surface area (Å²) in [5, 5.41) is 8.69. The number of aromatic nitrogens is 2. The van der Waals surface area contributed by atoms with Crippen LogP contribution in [0.1, 0.15) is 12.5 Å². The van der Waals surface area contributed by atoms with Gasteiger partial charge in [0.15, 0.2) is 17.4 Å². The summed E-state index contributed by atoms with van der Waals surface area (Å²) >= 11 is 0. The first-order valence-corrected chi connectivity index (χ1v) is 11.9. The van der Waals surface area contributed by atoms with E-state index in [9.17, 15) is 12.8 Å². The van der Waals surface area contributed by atoms with Gasteiger partial charge in [-0.05, 0) is 42.3 Å². The molecule has 0 atom stereocenters.